The van der Waals surface area contributed by atoms with E-state index in [2.05, 4.69) is 443 Å². The highest BCUT2D eigenvalue weighted by atomic mass is 32.1. The second-order valence-electron chi connectivity index (χ2n) is 32.1. The van der Waals surface area contributed by atoms with Crippen molar-refractivity contribution in [2.45, 2.75) is 0 Å². The summed E-state index contributed by atoms with van der Waals surface area (Å²) >= 11 is 3.60. The number of hydrogen-bond acceptors (Lipinski definition) is 8. The summed E-state index contributed by atoms with van der Waals surface area (Å²) in [7, 11) is 0. The molecule has 18 aromatic carbocycles. The number of rotatable bonds is 12. The molecule has 0 bridgehead atoms. The van der Waals surface area contributed by atoms with Gasteiger partial charge in [0, 0.05) is 140 Å². The Kier molecular flexibility index (Phi) is 17.1. The van der Waals surface area contributed by atoms with E-state index in [1.165, 1.54) is 100 Å². The number of para-hydroxylation sites is 6. The molecule has 12 heteroatoms. The summed E-state index contributed by atoms with van der Waals surface area (Å²) in [6, 6.07) is 151. The third-order valence-electron chi connectivity index (χ3n) is 24.7. The lowest BCUT2D eigenvalue weighted by atomic mass is 10.0. The quantitative estimate of drug-likeness (QED) is 0.121. The van der Waals surface area contributed by atoms with Crippen LogP contribution in [-0.2, 0) is 0 Å². The first kappa shape index (κ1) is 72.4. The molecular weight excluding hydrogens is 1570 g/mol. The number of hydrogen-bond donors (Lipinski definition) is 0. The maximum atomic E-state index is 5.31. The van der Waals surface area contributed by atoms with Crippen molar-refractivity contribution in [3.63, 3.8) is 0 Å². The van der Waals surface area contributed by atoms with Crippen LogP contribution in [0, 0.1) is 0 Å². The number of fused-ring (bicyclic) bond motifs is 18. The molecule has 10 nitrogen and oxygen atoms in total. The molecule has 0 atom stereocenters. The second-order valence-corrected chi connectivity index (χ2v) is 34.2. The third kappa shape index (κ3) is 12.3. The number of aromatic nitrogens is 10. The molecule has 0 saturated carbocycles. The fraction of sp³-hybridized carbons (Fsp3) is 0. The van der Waals surface area contributed by atoms with Gasteiger partial charge < -0.3 is 18.3 Å². The summed E-state index contributed by atoms with van der Waals surface area (Å²) in [5.74, 6) is 3.75. The lowest BCUT2D eigenvalue weighted by molar-refractivity contribution is 1.07. The Morgan fingerprint density at radius 3 is 0.786 bits per heavy atom. The Hall–Kier alpha value is -16.4. The lowest BCUT2D eigenvalue weighted by Crippen LogP contribution is -2.01. The Morgan fingerprint density at radius 1 is 0.135 bits per heavy atom. The van der Waals surface area contributed by atoms with E-state index in [0.717, 1.165) is 106 Å². The Labute approximate surface area is 731 Å². The maximum Gasteiger partial charge on any atom is 0.164 e. The van der Waals surface area contributed by atoms with Gasteiger partial charge in [-0.1, -0.05) is 279 Å². The fourth-order valence-corrected chi connectivity index (χ4v) is 21.2. The van der Waals surface area contributed by atoms with Gasteiger partial charge in [-0.15, -0.1) is 22.7 Å². The van der Waals surface area contributed by atoms with Crippen LogP contribution < -0.4 is 0 Å². The third-order valence-corrected chi connectivity index (χ3v) is 27.0. The lowest BCUT2D eigenvalue weighted by Gasteiger charge is -2.12. The molecule has 126 heavy (non-hydrogen) atoms. The van der Waals surface area contributed by atoms with Crippen molar-refractivity contribution in [2.75, 3.05) is 0 Å². The van der Waals surface area contributed by atoms with Crippen LogP contribution in [0.15, 0.2) is 425 Å². The van der Waals surface area contributed by atoms with E-state index in [4.69, 9.17) is 29.9 Å². The molecule has 0 spiro atoms. The van der Waals surface area contributed by atoms with Gasteiger partial charge in [-0.2, -0.15) is 0 Å². The van der Waals surface area contributed by atoms with Gasteiger partial charge in [-0.05, 0) is 168 Å². The molecule has 8 aromatic heterocycles. The first-order chi connectivity index (χ1) is 62.4. The Morgan fingerprint density at radius 2 is 0.381 bits per heavy atom. The fourth-order valence-electron chi connectivity index (χ4n) is 18.9. The molecule has 0 aliphatic carbocycles. The number of nitrogens with zero attached hydrogens (tertiary/aromatic N) is 10. The average Bonchev–Trinajstić information content (AvgIpc) is 1.59. The molecule has 588 valence electrons. The topological polar surface area (TPSA) is 97.1 Å². The van der Waals surface area contributed by atoms with Crippen LogP contribution >= 0.6 is 22.7 Å². The van der Waals surface area contributed by atoms with Crippen molar-refractivity contribution in [1.29, 1.82) is 0 Å². The molecule has 26 aromatic rings. The van der Waals surface area contributed by atoms with Crippen molar-refractivity contribution in [2.24, 2.45) is 0 Å². The van der Waals surface area contributed by atoms with Gasteiger partial charge >= 0.3 is 0 Å². The van der Waals surface area contributed by atoms with Crippen molar-refractivity contribution >= 4 is 150 Å². The predicted octanol–water partition coefficient (Wildman–Crippen LogP) is 30.2. The SMILES string of the molecule is c1ccc(-c2ccc3c(c2)c2ccccc2n3-c2cccc(-c3nc(-c4ccc5c(c4)sc4ccccc45)nc(-c4ccc5c(c4)c4ccccc4n5-c4ccccc4)n3)c2)cc1.c1ccc(-c2ccc3c(c2)c2ccccc2n3-c2cccc(-c3nc(-c4ccc5c(c4)sc4ccccc45)nc(-c4ccc5c6ccccc6n(-c6ccccc6)c5c4)n3)c2)cc1. The van der Waals surface area contributed by atoms with E-state index in [1.807, 2.05) is 0 Å². The minimum absolute atomic E-state index is 0.615. The number of benzene rings is 18. The van der Waals surface area contributed by atoms with Crippen LogP contribution in [0.25, 0.3) is 241 Å². The molecular formula is C114H70N10S2. The zero-order valence-corrected chi connectivity index (χ0v) is 69.3. The molecule has 0 aliphatic rings. The van der Waals surface area contributed by atoms with Crippen molar-refractivity contribution in [3.8, 4) is 113 Å². The van der Waals surface area contributed by atoms with E-state index in [1.54, 1.807) is 22.7 Å². The smallest absolute Gasteiger partial charge is 0.164 e. The van der Waals surface area contributed by atoms with Gasteiger partial charge in [0.1, 0.15) is 0 Å². The van der Waals surface area contributed by atoms with Crippen LogP contribution in [0.1, 0.15) is 0 Å². The van der Waals surface area contributed by atoms with Gasteiger partial charge in [0.2, 0.25) is 0 Å². The normalized spacial score (nSPS) is 11.8. The van der Waals surface area contributed by atoms with Crippen molar-refractivity contribution < 1.29 is 0 Å². The van der Waals surface area contributed by atoms with Gasteiger partial charge in [0.15, 0.2) is 34.9 Å². The predicted molar refractivity (Wildman–Crippen MR) is 526 cm³/mol. The molecule has 26 rings (SSSR count). The van der Waals surface area contributed by atoms with Gasteiger partial charge in [-0.3, -0.25) is 0 Å². The van der Waals surface area contributed by atoms with E-state index in [9.17, 15) is 0 Å². The largest absolute Gasteiger partial charge is 0.309 e. The summed E-state index contributed by atoms with van der Waals surface area (Å²) in [6.07, 6.45) is 0. The molecule has 0 amide bonds. The highest BCUT2D eigenvalue weighted by molar-refractivity contribution is 7.26. The summed E-state index contributed by atoms with van der Waals surface area (Å²) in [5, 5.41) is 14.6. The zero-order chi connectivity index (χ0) is 82.9. The molecule has 0 fully saturated rings. The standard InChI is InChI=1S/2C57H35N5S/c1-3-14-36(15-4-1)37-27-30-52-47(33-37)43-20-8-11-24-50(43)62(52)42-19-13-16-38(32-42)55-58-56(60-57(59-55)40-26-29-46-45-22-9-12-25-53(45)63-54(46)35-40)39-28-31-51-48(34-39)44-21-7-10-23-49(44)61(51)41-17-5-2-6-18-41;1-3-14-36(15-4-1)37-28-31-51-48(33-37)44-21-8-11-24-50(44)62(51)42-19-13-16-38(32-42)55-58-56(60-57(59-55)40-27-30-47-46-22-9-12-25-53(46)63-54(47)35-40)39-26-29-45-43-20-7-10-23-49(43)61(52(45)34-39)41-17-5-2-6-18-41/h2*1-35H. The highest BCUT2D eigenvalue weighted by Crippen LogP contribution is 2.45. The first-order valence-corrected chi connectivity index (χ1v) is 44.0. The monoisotopic (exact) mass is 1640 g/mol. The average molecular weight is 1640 g/mol. The number of thiophene rings is 2. The second kappa shape index (κ2) is 29.8. The summed E-state index contributed by atoms with van der Waals surface area (Å²) in [6.45, 7) is 0. The van der Waals surface area contributed by atoms with E-state index >= 15 is 0 Å². The van der Waals surface area contributed by atoms with Crippen LogP contribution in [0.2, 0.25) is 0 Å². The van der Waals surface area contributed by atoms with Crippen LogP contribution in [0.5, 0.6) is 0 Å². The minimum Gasteiger partial charge on any atom is -0.309 e. The molecule has 0 aliphatic heterocycles. The minimum atomic E-state index is 0.615. The molecule has 8 heterocycles. The summed E-state index contributed by atoms with van der Waals surface area (Å²) in [4.78, 5) is 31.7. The zero-order valence-electron chi connectivity index (χ0n) is 67.7. The molecule has 0 radical (unpaired) electrons. The van der Waals surface area contributed by atoms with Crippen LogP contribution in [0.4, 0.5) is 0 Å². The first-order valence-electron chi connectivity index (χ1n) is 42.4. The Balaban J connectivity index is 0.000000137. The van der Waals surface area contributed by atoms with Crippen LogP contribution in [-0.4, -0.2) is 48.2 Å². The van der Waals surface area contributed by atoms with E-state index in [-0.39, 0.29) is 0 Å². The van der Waals surface area contributed by atoms with Gasteiger partial charge in [-0.25, -0.2) is 29.9 Å². The molecule has 0 unspecified atom stereocenters. The Bertz CT molecular complexity index is 8860. The van der Waals surface area contributed by atoms with Crippen LogP contribution in [0.3, 0.4) is 0 Å². The molecule has 0 saturated heterocycles. The highest BCUT2D eigenvalue weighted by Gasteiger charge is 2.24. The summed E-state index contributed by atoms with van der Waals surface area (Å²) < 4.78 is 14.3. The van der Waals surface area contributed by atoms with E-state index < -0.39 is 0 Å². The van der Waals surface area contributed by atoms with E-state index in [0.29, 0.717) is 34.9 Å². The summed E-state index contributed by atoms with van der Waals surface area (Å²) in [5.41, 5.74) is 23.8. The molecule has 0 N–H and O–H groups in total. The van der Waals surface area contributed by atoms with Gasteiger partial charge in [0.25, 0.3) is 0 Å². The maximum absolute atomic E-state index is 5.31. The van der Waals surface area contributed by atoms with Crippen molar-refractivity contribution in [3.05, 3.63) is 425 Å². The van der Waals surface area contributed by atoms with Crippen molar-refractivity contribution in [1.82, 2.24) is 48.2 Å². The van der Waals surface area contributed by atoms with Gasteiger partial charge in [0.05, 0.1) is 44.1 Å².